The minimum atomic E-state index is -0.632. The second-order valence-corrected chi connectivity index (χ2v) is 8.85. The van der Waals surface area contributed by atoms with Crippen molar-refractivity contribution < 1.29 is 47.5 Å². The first kappa shape index (κ1) is 26.6. The third-order valence-electron chi connectivity index (χ3n) is 6.67. The van der Waals surface area contributed by atoms with Gasteiger partial charge in [-0.1, -0.05) is 24.3 Å². The summed E-state index contributed by atoms with van der Waals surface area (Å²) in [5, 5.41) is 0. The summed E-state index contributed by atoms with van der Waals surface area (Å²) in [4.78, 5) is 38.0. The van der Waals surface area contributed by atoms with Crippen LogP contribution in [0.3, 0.4) is 0 Å². The monoisotopic (exact) mass is 546 g/mol. The summed E-state index contributed by atoms with van der Waals surface area (Å²) in [7, 11) is 5.76. The lowest BCUT2D eigenvalue weighted by Crippen LogP contribution is -2.22. The van der Waals surface area contributed by atoms with Gasteiger partial charge in [0, 0.05) is 22.6 Å². The van der Waals surface area contributed by atoms with E-state index in [9.17, 15) is 14.4 Å². The highest BCUT2D eigenvalue weighted by Gasteiger charge is 2.40. The third-order valence-corrected chi connectivity index (χ3v) is 6.67. The molecule has 0 spiro atoms. The molecule has 0 saturated carbocycles. The number of carbonyl (C=O) groups is 3. The van der Waals surface area contributed by atoms with E-state index < -0.39 is 17.9 Å². The minimum Gasteiger partial charge on any atom is -0.493 e. The van der Waals surface area contributed by atoms with Crippen LogP contribution in [0.15, 0.2) is 54.3 Å². The van der Waals surface area contributed by atoms with Crippen molar-refractivity contribution in [2.24, 2.45) is 0 Å². The molecule has 0 unspecified atom stereocenters. The number of esters is 2. The van der Waals surface area contributed by atoms with Gasteiger partial charge in [0.1, 0.15) is 11.5 Å². The lowest BCUT2D eigenvalue weighted by molar-refractivity contribution is -0.143. The lowest BCUT2D eigenvalue weighted by Gasteiger charge is -2.28. The van der Waals surface area contributed by atoms with E-state index in [-0.39, 0.29) is 41.8 Å². The molecule has 0 N–H and O–H groups in total. The number of methoxy groups -OCH3 is 4. The van der Waals surface area contributed by atoms with Crippen LogP contribution in [0.4, 0.5) is 0 Å². The van der Waals surface area contributed by atoms with Crippen LogP contribution in [-0.4, -0.2) is 52.8 Å². The van der Waals surface area contributed by atoms with Gasteiger partial charge in [-0.15, -0.1) is 0 Å². The molecule has 2 aliphatic heterocycles. The molecule has 3 aromatic rings. The average molecular weight is 547 g/mol. The van der Waals surface area contributed by atoms with Crippen LogP contribution in [-0.2, 0) is 14.3 Å². The topological polar surface area (TPSA) is 116 Å². The Balaban J connectivity index is 1.61. The van der Waals surface area contributed by atoms with Crippen molar-refractivity contribution in [1.82, 2.24) is 0 Å². The van der Waals surface area contributed by atoms with E-state index in [1.807, 2.05) is 0 Å². The van der Waals surface area contributed by atoms with Crippen molar-refractivity contribution in [3.05, 3.63) is 76.5 Å². The summed E-state index contributed by atoms with van der Waals surface area (Å²) in [6.07, 6.45) is 1.52. The van der Waals surface area contributed by atoms with Gasteiger partial charge in [0.05, 0.1) is 40.4 Å². The summed E-state index contributed by atoms with van der Waals surface area (Å²) in [6.45, 7) is -0.370. The van der Waals surface area contributed by atoms with Crippen LogP contribution in [0.2, 0.25) is 0 Å². The van der Waals surface area contributed by atoms with E-state index >= 15 is 0 Å². The normalized spacial score (nSPS) is 16.4. The number of hydrogen-bond donors (Lipinski definition) is 0. The smallest absolute Gasteiger partial charge is 0.343 e. The number of Topliss-reactive ketones (excluding diaryl/α,β-unsaturated/α-hetero) is 1. The average Bonchev–Trinajstić information content (AvgIpc) is 3.29. The van der Waals surface area contributed by atoms with Gasteiger partial charge in [0.2, 0.25) is 5.78 Å². The standard InChI is InChI=1S/C30H26O10/c1-34-21-9-5-7-16(28(21)37-4)13-23-27(33)18-11-12-20-26(30(18)40-23)19(14-24(31)39-20)17-8-6-10-22(35-2)29(17)38-15-25(32)36-3/h5-13,19H,14-15H2,1-4H3/b23-13-/t19-/m1/s1. The van der Waals surface area contributed by atoms with Gasteiger partial charge in [-0.3, -0.25) is 9.59 Å². The molecular weight excluding hydrogens is 520 g/mol. The summed E-state index contributed by atoms with van der Waals surface area (Å²) >= 11 is 0. The summed E-state index contributed by atoms with van der Waals surface area (Å²) in [5.41, 5.74) is 1.95. The van der Waals surface area contributed by atoms with Crippen LogP contribution in [0.5, 0.6) is 34.5 Å². The molecule has 0 saturated heterocycles. The summed E-state index contributed by atoms with van der Waals surface area (Å²) in [5.74, 6) is 0.140. The SMILES string of the molecule is COC(=O)COc1c(OC)cccc1[C@H]1CC(=O)Oc2ccc3c(c21)O/C(=C\c1cccc(OC)c1OC)C3=O. The van der Waals surface area contributed by atoms with Crippen molar-refractivity contribution in [3.8, 4) is 34.5 Å². The van der Waals surface area contributed by atoms with Crippen LogP contribution in [0.25, 0.3) is 6.08 Å². The number of para-hydroxylation sites is 2. The first-order chi connectivity index (χ1) is 19.4. The Hall–Kier alpha value is -4.99. The Morgan fingerprint density at radius 2 is 1.62 bits per heavy atom. The minimum absolute atomic E-state index is 0.0640. The van der Waals surface area contributed by atoms with Crippen LogP contribution < -0.4 is 28.4 Å². The quantitative estimate of drug-likeness (QED) is 0.230. The van der Waals surface area contributed by atoms with Crippen molar-refractivity contribution in [1.29, 1.82) is 0 Å². The molecule has 5 rings (SSSR count). The maximum Gasteiger partial charge on any atom is 0.343 e. The molecule has 1 atom stereocenters. The third kappa shape index (κ3) is 4.68. The molecule has 0 fully saturated rings. The highest BCUT2D eigenvalue weighted by Crippen LogP contribution is 2.51. The number of ketones is 1. The van der Waals surface area contributed by atoms with E-state index in [1.165, 1.54) is 28.4 Å². The zero-order valence-electron chi connectivity index (χ0n) is 22.3. The van der Waals surface area contributed by atoms with Crippen molar-refractivity contribution in [3.63, 3.8) is 0 Å². The largest absolute Gasteiger partial charge is 0.493 e. The molecule has 40 heavy (non-hydrogen) atoms. The van der Waals surface area contributed by atoms with Gasteiger partial charge in [-0.25, -0.2) is 4.79 Å². The molecule has 0 bridgehead atoms. The second kappa shape index (κ2) is 11.0. The molecule has 3 aromatic carbocycles. The predicted molar refractivity (Wildman–Crippen MR) is 142 cm³/mol. The molecule has 10 nitrogen and oxygen atoms in total. The maximum absolute atomic E-state index is 13.5. The Morgan fingerprint density at radius 3 is 2.33 bits per heavy atom. The van der Waals surface area contributed by atoms with E-state index in [2.05, 4.69) is 0 Å². The molecule has 0 radical (unpaired) electrons. The van der Waals surface area contributed by atoms with Gasteiger partial charge in [-0.05, 0) is 30.3 Å². The molecule has 0 amide bonds. The number of hydrogen-bond acceptors (Lipinski definition) is 10. The number of benzene rings is 3. The van der Waals surface area contributed by atoms with Gasteiger partial charge in [-0.2, -0.15) is 0 Å². The summed E-state index contributed by atoms with van der Waals surface area (Å²) < 4.78 is 38.6. The zero-order chi connectivity index (χ0) is 28.4. The zero-order valence-corrected chi connectivity index (χ0v) is 22.3. The first-order valence-corrected chi connectivity index (χ1v) is 12.3. The number of rotatable bonds is 8. The van der Waals surface area contributed by atoms with Gasteiger partial charge >= 0.3 is 11.9 Å². The lowest BCUT2D eigenvalue weighted by atomic mass is 9.84. The fourth-order valence-corrected chi connectivity index (χ4v) is 4.85. The number of fused-ring (bicyclic) bond motifs is 3. The molecule has 206 valence electrons. The Labute approximate surface area is 230 Å². The molecule has 2 aliphatic rings. The molecule has 2 heterocycles. The van der Waals surface area contributed by atoms with Gasteiger partial charge < -0.3 is 33.2 Å². The Bertz CT molecular complexity index is 1540. The fourth-order valence-electron chi connectivity index (χ4n) is 4.85. The van der Waals surface area contributed by atoms with Gasteiger partial charge in [0.25, 0.3) is 0 Å². The maximum atomic E-state index is 13.5. The highest BCUT2D eigenvalue weighted by molar-refractivity contribution is 6.15. The molecule has 0 aliphatic carbocycles. The number of carbonyl (C=O) groups excluding carboxylic acids is 3. The van der Waals surface area contributed by atoms with Crippen molar-refractivity contribution in [2.75, 3.05) is 35.0 Å². The van der Waals surface area contributed by atoms with E-state index in [0.29, 0.717) is 39.5 Å². The van der Waals surface area contributed by atoms with Crippen LogP contribution >= 0.6 is 0 Å². The first-order valence-electron chi connectivity index (χ1n) is 12.3. The second-order valence-electron chi connectivity index (χ2n) is 8.85. The number of allylic oxidation sites excluding steroid dienone is 1. The van der Waals surface area contributed by atoms with Crippen molar-refractivity contribution in [2.45, 2.75) is 12.3 Å². The molecule has 0 aromatic heterocycles. The van der Waals surface area contributed by atoms with Crippen LogP contribution in [0, 0.1) is 0 Å². The Morgan fingerprint density at radius 1 is 0.900 bits per heavy atom. The highest BCUT2D eigenvalue weighted by atomic mass is 16.6. The van der Waals surface area contributed by atoms with E-state index in [0.717, 1.165) is 0 Å². The van der Waals surface area contributed by atoms with Crippen molar-refractivity contribution >= 4 is 23.8 Å². The molecule has 10 heteroatoms. The van der Waals surface area contributed by atoms with E-state index in [4.69, 9.17) is 33.2 Å². The van der Waals surface area contributed by atoms with Crippen LogP contribution in [0.1, 0.15) is 39.4 Å². The fraction of sp³-hybridized carbons (Fsp3) is 0.233. The van der Waals surface area contributed by atoms with E-state index in [1.54, 1.807) is 54.6 Å². The molecular formula is C30H26O10. The number of ether oxygens (including phenoxy) is 7. The summed E-state index contributed by atoms with van der Waals surface area (Å²) in [6, 6.07) is 13.6. The Kier molecular flexibility index (Phi) is 7.33. The van der Waals surface area contributed by atoms with Gasteiger partial charge in [0.15, 0.2) is 35.4 Å². The predicted octanol–water partition coefficient (Wildman–Crippen LogP) is 4.32.